The normalized spacial score (nSPS) is 13.0. The molecule has 0 aliphatic rings. The number of imidazole rings is 1. The van der Waals surface area contributed by atoms with Crippen LogP contribution in [0.25, 0.3) is 0 Å². The van der Waals surface area contributed by atoms with Gasteiger partial charge in [0.25, 0.3) is 0 Å². The predicted molar refractivity (Wildman–Crippen MR) is 63.9 cm³/mol. The van der Waals surface area contributed by atoms with Gasteiger partial charge in [0.05, 0.1) is 0 Å². The number of H-pyrrole nitrogens is 1. The first-order chi connectivity index (χ1) is 7.27. The molecule has 0 aromatic carbocycles. The summed E-state index contributed by atoms with van der Waals surface area (Å²) in [5.41, 5.74) is 6.72. The van der Waals surface area contributed by atoms with Crippen molar-refractivity contribution >= 4 is 0 Å². The van der Waals surface area contributed by atoms with E-state index in [1.807, 2.05) is 6.20 Å². The predicted octanol–water partition coefficient (Wildman–Crippen LogP) is 2.59. The van der Waals surface area contributed by atoms with Crippen LogP contribution >= 0.6 is 0 Å². The van der Waals surface area contributed by atoms with Crippen molar-refractivity contribution < 1.29 is 0 Å². The van der Waals surface area contributed by atoms with Gasteiger partial charge in [-0.05, 0) is 31.7 Å². The van der Waals surface area contributed by atoms with Gasteiger partial charge in [0.2, 0.25) is 0 Å². The molecule has 0 bridgehead atoms. The summed E-state index contributed by atoms with van der Waals surface area (Å²) >= 11 is 0. The number of nitrogens with zero attached hydrogens (tertiary/aromatic N) is 1. The molecular weight excluding hydrogens is 186 g/mol. The molecule has 1 aromatic rings. The van der Waals surface area contributed by atoms with Gasteiger partial charge < -0.3 is 10.7 Å². The molecule has 3 heteroatoms. The minimum atomic E-state index is 0.593. The summed E-state index contributed by atoms with van der Waals surface area (Å²) < 4.78 is 0. The minimum absolute atomic E-state index is 0.593. The van der Waals surface area contributed by atoms with E-state index < -0.39 is 0 Å². The average molecular weight is 209 g/mol. The van der Waals surface area contributed by atoms with Gasteiger partial charge in [-0.2, -0.15) is 0 Å². The van der Waals surface area contributed by atoms with E-state index in [0.717, 1.165) is 31.6 Å². The molecule has 1 unspecified atom stereocenters. The van der Waals surface area contributed by atoms with Crippen LogP contribution < -0.4 is 5.73 Å². The van der Waals surface area contributed by atoms with Crippen molar-refractivity contribution in [2.45, 2.75) is 51.9 Å². The molecule has 86 valence electrons. The van der Waals surface area contributed by atoms with Crippen LogP contribution in [0.15, 0.2) is 6.20 Å². The molecule has 1 heterocycles. The number of hydrogen-bond acceptors (Lipinski definition) is 2. The molecule has 0 fully saturated rings. The average Bonchev–Trinajstić information content (AvgIpc) is 2.72. The quantitative estimate of drug-likeness (QED) is 0.678. The van der Waals surface area contributed by atoms with Gasteiger partial charge in [-0.1, -0.05) is 20.3 Å². The molecule has 15 heavy (non-hydrogen) atoms. The van der Waals surface area contributed by atoms with Crippen molar-refractivity contribution in [3.8, 4) is 0 Å². The number of nitrogens with one attached hydrogen (secondary N) is 1. The fraction of sp³-hybridized carbons (Fsp3) is 0.750. The summed E-state index contributed by atoms with van der Waals surface area (Å²) in [6, 6.07) is 0. The lowest BCUT2D eigenvalue weighted by molar-refractivity contribution is 0.667. The summed E-state index contributed by atoms with van der Waals surface area (Å²) in [5.74, 6) is 1.72. The van der Waals surface area contributed by atoms with Crippen LogP contribution in [0, 0.1) is 0 Å². The van der Waals surface area contributed by atoms with Gasteiger partial charge in [-0.3, -0.25) is 0 Å². The Hall–Kier alpha value is -0.830. The van der Waals surface area contributed by atoms with Crippen molar-refractivity contribution in [1.82, 2.24) is 9.97 Å². The molecule has 0 amide bonds. The Kier molecular flexibility index (Phi) is 5.40. The van der Waals surface area contributed by atoms with Gasteiger partial charge in [-0.25, -0.2) is 4.98 Å². The topological polar surface area (TPSA) is 54.7 Å². The van der Waals surface area contributed by atoms with Crippen molar-refractivity contribution in [3.05, 3.63) is 17.7 Å². The molecule has 3 nitrogen and oxygen atoms in total. The molecule has 0 aliphatic heterocycles. The van der Waals surface area contributed by atoms with E-state index in [-0.39, 0.29) is 0 Å². The van der Waals surface area contributed by atoms with Crippen LogP contribution in [0.4, 0.5) is 0 Å². The van der Waals surface area contributed by atoms with E-state index in [0.29, 0.717) is 5.92 Å². The van der Waals surface area contributed by atoms with Crippen molar-refractivity contribution in [1.29, 1.82) is 0 Å². The van der Waals surface area contributed by atoms with Crippen LogP contribution in [-0.2, 0) is 6.42 Å². The summed E-state index contributed by atoms with van der Waals surface area (Å²) in [4.78, 5) is 7.79. The van der Waals surface area contributed by atoms with E-state index in [2.05, 4.69) is 23.8 Å². The number of rotatable bonds is 7. The number of nitrogens with two attached hydrogens (primary N) is 1. The highest BCUT2D eigenvalue weighted by Crippen LogP contribution is 2.16. The van der Waals surface area contributed by atoms with E-state index in [4.69, 9.17) is 5.73 Å². The Bertz CT molecular complexity index is 268. The maximum Gasteiger partial charge on any atom is 0.106 e. The first-order valence-electron chi connectivity index (χ1n) is 6.01. The van der Waals surface area contributed by atoms with Gasteiger partial charge in [-0.15, -0.1) is 0 Å². The van der Waals surface area contributed by atoms with Gasteiger partial charge >= 0.3 is 0 Å². The molecular formula is C12H23N3. The van der Waals surface area contributed by atoms with Crippen molar-refractivity contribution in [2.24, 2.45) is 5.73 Å². The highest BCUT2D eigenvalue weighted by Gasteiger charge is 2.06. The van der Waals surface area contributed by atoms with E-state index in [9.17, 15) is 0 Å². The maximum atomic E-state index is 5.45. The van der Waals surface area contributed by atoms with Crippen molar-refractivity contribution in [3.63, 3.8) is 0 Å². The fourth-order valence-electron chi connectivity index (χ4n) is 1.59. The lowest BCUT2D eigenvalue weighted by Gasteiger charge is -2.03. The molecule has 0 saturated heterocycles. The molecule has 0 aliphatic carbocycles. The molecule has 1 atom stereocenters. The second kappa shape index (κ2) is 6.62. The Morgan fingerprint density at radius 3 is 2.87 bits per heavy atom. The van der Waals surface area contributed by atoms with Crippen LogP contribution in [0.3, 0.4) is 0 Å². The number of aromatic amines is 1. The lowest BCUT2D eigenvalue weighted by atomic mass is 10.1. The monoisotopic (exact) mass is 209 g/mol. The Morgan fingerprint density at radius 2 is 2.20 bits per heavy atom. The SMILES string of the molecule is CCC(C)c1cnc(CCCCCN)[nH]1. The maximum absolute atomic E-state index is 5.45. The second-order valence-electron chi connectivity index (χ2n) is 4.19. The van der Waals surface area contributed by atoms with Crippen molar-refractivity contribution in [2.75, 3.05) is 6.54 Å². The van der Waals surface area contributed by atoms with Crippen LogP contribution in [0.5, 0.6) is 0 Å². The van der Waals surface area contributed by atoms with Crippen LogP contribution in [0.1, 0.15) is 57.0 Å². The van der Waals surface area contributed by atoms with E-state index >= 15 is 0 Å². The third-order valence-corrected chi connectivity index (χ3v) is 2.91. The second-order valence-corrected chi connectivity index (χ2v) is 4.19. The first-order valence-corrected chi connectivity index (χ1v) is 6.01. The minimum Gasteiger partial charge on any atom is -0.346 e. The highest BCUT2D eigenvalue weighted by molar-refractivity contribution is 5.06. The molecule has 0 saturated carbocycles. The van der Waals surface area contributed by atoms with Gasteiger partial charge in [0, 0.05) is 18.3 Å². The fourth-order valence-corrected chi connectivity index (χ4v) is 1.59. The number of aromatic nitrogens is 2. The molecule has 1 rings (SSSR count). The number of unbranched alkanes of at least 4 members (excludes halogenated alkanes) is 2. The number of hydrogen-bond donors (Lipinski definition) is 2. The van der Waals surface area contributed by atoms with Gasteiger partial charge in [0.1, 0.15) is 5.82 Å². The summed E-state index contributed by atoms with van der Waals surface area (Å²) in [6.45, 7) is 5.23. The van der Waals surface area contributed by atoms with E-state index in [1.54, 1.807) is 0 Å². The molecule has 3 N–H and O–H groups in total. The van der Waals surface area contributed by atoms with Gasteiger partial charge in [0.15, 0.2) is 0 Å². The Balaban J connectivity index is 2.33. The largest absolute Gasteiger partial charge is 0.346 e. The Morgan fingerprint density at radius 1 is 1.40 bits per heavy atom. The third-order valence-electron chi connectivity index (χ3n) is 2.91. The van der Waals surface area contributed by atoms with E-state index in [1.165, 1.54) is 18.5 Å². The standard InChI is InChI=1S/C12H23N3/c1-3-10(2)11-9-14-12(15-11)7-5-4-6-8-13/h9-10H,3-8,13H2,1-2H3,(H,14,15). The smallest absolute Gasteiger partial charge is 0.106 e. The van der Waals surface area contributed by atoms with Crippen LogP contribution in [-0.4, -0.2) is 16.5 Å². The zero-order valence-corrected chi connectivity index (χ0v) is 9.92. The summed E-state index contributed by atoms with van der Waals surface area (Å²) in [6.07, 6.45) is 7.71. The van der Waals surface area contributed by atoms with Crippen LogP contribution in [0.2, 0.25) is 0 Å². The Labute approximate surface area is 92.5 Å². The zero-order chi connectivity index (χ0) is 11.1. The highest BCUT2D eigenvalue weighted by atomic mass is 14.9. The number of aryl methyl sites for hydroxylation is 1. The summed E-state index contributed by atoms with van der Waals surface area (Å²) in [5, 5.41) is 0. The first kappa shape index (κ1) is 12.2. The molecule has 0 spiro atoms. The third kappa shape index (κ3) is 4.04. The zero-order valence-electron chi connectivity index (χ0n) is 9.92. The summed E-state index contributed by atoms with van der Waals surface area (Å²) in [7, 11) is 0. The molecule has 1 aromatic heterocycles. The molecule has 0 radical (unpaired) electrons. The lowest BCUT2D eigenvalue weighted by Crippen LogP contribution is -1.98.